The lowest BCUT2D eigenvalue weighted by Crippen LogP contribution is -2.50. The number of Topliss-reactive ketones (excluding diaryl/α,β-unsaturated/α-hetero) is 1. The smallest absolute Gasteiger partial charge is 0.328 e. The molecule has 6 nitrogen and oxygen atoms in total. The maximum Gasteiger partial charge on any atom is 0.328 e. The molecule has 2 aromatic rings. The lowest BCUT2D eigenvalue weighted by atomic mass is 9.86. The van der Waals surface area contributed by atoms with Crippen LogP contribution in [-0.2, 0) is 14.3 Å². The molecule has 148 valence electrons. The number of fused-ring (bicyclic) bond motifs is 3. The number of nitrogens with zero attached hydrogens (tertiary/aromatic N) is 1. The van der Waals surface area contributed by atoms with E-state index in [1.807, 2.05) is 18.2 Å². The number of hydrogen-bond donors (Lipinski definition) is 0. The zero-order valence-electron chi connectivity index (χ0n) is 16.1. The van der Waals surface area contributed by atoms with Gasteiger partial charge in [-0.1, -0.05) is 48.5 Å². The molecule has 1 saturated heterocycles. The summed E-state index contributed by atoms with van der Waals surface area (Å²) in [6.45, 7) is 3.37. The Labute approximate surface area is 168 Å². The Bertz CT molecular complexity index is 1010. The molecule has 0 unspecified atom stereocenters. The van der Waals surface area contributed by atoms with E-state index in [1.54, 1.807) is 48.2 Å². The van der Waals surface area contributed by atoms with E-state index in [-0.39, 0.29) is 11.7 Å². The van der Waals surface area contributed by atoms with E-state index in [4.69, 9.17) is 9.47 Å². The van der Waals surface area contributed by atoms with Crippen molar-refractivity contribution >= 4 is 17.7 Å². The number of ketones is 1. The number of morpholine rings is 1. The van der Waals surface area contributed by atoms with Crippen LogP contribution < -0.4 is 4.74 Å². The van der Waals surface area contributed by atoms with Crippen LogP contribution in [0.5, 0.6) is 5.75 Å². The first-order chi connectivity index (χ1) is 14.0. The summed E-state index contributed by atoms with van der Waals surface area (Å²) in [5.74, 6) is -1.30. The van der Waals surface area contributed by atoms with Gasteiger partial charge in [0, 0.05) is 30.1 Å². The van der Waals surface area contributed by atoms with Gasteiger partial charge in [-0.2, -0.15) is 0 Å². The molecule has 0 aromatic heterocycles. The molecule has 5 rings (SSSR count). The van der Waals surface area contributed by atoms with Crippen LogP contribution >= 0.6 is 0 Å². The third-order valence-electron chi connectivity index (χ3n) is 6.64. The standard InChI is InChI=1S/C23H21NO5/c1-22(19(25)15-7-3-2-4-8-15)18-16-9-5-6-10-17(16)29-21(27)23(18,22)20(26)24-11-13-28-14-12-24/h2-10,18H,11-14H2,1H3/t18-,22-,23+/m1/s1. The minimum absolute atomic E-state index is 0.210. The van der Waals surface area contributed by atoms with Crippen molar-refractivity contribution in [3.63, 3.8) is 0 Å². The van der Waals surface area contributed by atoms with Crippen molar-refractivity contribution in [2.75, 3.05) is 26.3 Å². The molecular formula is C23H21NO5. The van der Waals surface area contributed by atoms with Gasteiger partial charge in [0.1, 0.15) is 5.75 Å². The lowest BCUT2D eigenvalue weighted by Gasteiger charge is -2.32. The fourth-order valence-corrected chi connectivity index (χ4v) is 5.13. The van der Waals surface area contributed by atoms with Crippen molar-refractivity contribution in [2.24, 2.45) is 10.8 Å². The number of hydrogen-bond acceptors (Lipinski definition) is 5. The number of esters is 1. The van der Waals surface area contributed by atoms with Gasteiger partial charge in [-0.15, -0.1) is 0 Å². The van der Waals surface area contributed by atoms with Crippen LogP contribution in [0.15, 0.2) is 54.6 Å². The largest absolute Gasteiger partial charge is 0.425 e. The summed E-state index contributed by atoms with van der Waals surface area (Å²) in [7, 11) is 0. The molecule has 1 saturated carbocycles. The monoisotopic (exact) mass is 391 g/mol. The third-order valence-corrected chi connectivity index (χ3v) is 6.64. The average Bonchev–Trinajstić information content (AvgIpc) is 3.37. The summed E-state index contributed by atoms with van der Waals surface area (Å²) < 4.78 is 11.0. The number of rotatable bonds is 3. The van der Waals surface area contributed by atoms with Gasteiger partial charge in [0.2, 0.25) is 5.91 Å². The third kappa shape index (κ3) is 2.23. The first-order valence-corrected chi connectivity index (χ1v) is 9.81. The van der Waals surface area contributed by atoms with Crippen LogP contribution in [0.25, 0.3) is 0 Å². The number of amides is 1. The van der Waals surface area contributed by atoms with Crippen LogP contribution in [-0.4, -0.2) is 48.9 Å². The van der Waals surface area contributed by atoms with Crippen molar-refractivity contribution in [2.45, 2.75) is 12.8 Å². The molecule has 2 aliphatic heterocycles. The lowest BCUT2D eigenvalue weighted by molar-refractivity contribution is -0.156. The van der Waals surface area contributed by atoms with Gasteiger partial charge in [-0.05, 0) is 13.0 Å². The molecule has 0 spiro atoms. The highest BCUT2D eigenvalue weighted by molar-refractivity contribution is 6.21. The number of carbonyl (C=O) groups is 3. The van der Waals surface area contributed by atoms with Gasteiger partial charge in [-0.25, -0.2) is 0 Å². The highest BCUT2D eigenvalue weighted by Crippen LogP contribution is 2.78. The second kappa shape index (κ2) is 6.26. The van der Waals surface area contributed by atoms with Gasteiger partial charge in [0.15, 0.2) is 11.2 Å². The molecule has 2 fully saturated rings. The Kier molecular flexibility index (Phi) is 3.90. The molecule has 0 N–H and O–H groups in total. The maximum absolute atomic E-state index is 13.7. The van der Waals surface area contributed by atoms with Crippen LogP contribution in [0, 0.1) is 10.8 Å². The average molecular weight is 391 g/mol. The Balaban J connectivity index is 1.66. The van der Waals surface area contributed by atoms with Crippen LogP contribution in [0.2, 0.25) is 0 Å². The molecule has 6 heteroatoms. The van der Waals surface area contributed by atoms with Crippen LogP contribution in [0.3, 0.4) is 0 Å². The summed E-state index contributed by atoms with van der Waals surface area (Å²) >= 11 is 0. The van der Waals surface area contributed by atoms with Crippen LogP contribution in [0.1, 0.15) is 28.8 Å². The highest BCUT2D eigenvalue weighted by atomic mass is 16.5. The summed E-state index contributed by atoms with van der Waals surface area (Å²) in [6, 6.07) is 16.0. The van der Waals surface area contributed by atoms with E-state index in [2.05, 4.69) is 0 Å². The van der Waals surface area contributed by atoms with Crippen molar-refractivity contribution in [3.05, 3.63) is 65.7 Å². The second-order valence-corrected chi connectivity index (χ2v) is 7.97. The molecule has 3 atom stereocenters. The molecule has 0 radical (unpaired) electrons. The summed E-state index contributed by atoms with van der Waals surface area (Å²) in [5.41, 5.74) is -1.51. The second-order valence-electron chi connectivity index (χ2n) is 7.97. The molecule has 1 amide bonds. The van der Waals surface area contributed by atoms with Gasteiger partial charge in [0.05, 0.1) is 18.6 Å². The fraction of sp³-hybridized carbons (Fsp3) is 0.348. The maximum atomic E-state index is 13.7. The number of benzene rings is 2. The van der Waals surface area contributed by atoms with Crippen molar-refractivity contribution in [1.82, 2.24) is 4.90 Å². The SMILES string of the molecule is C[C@]1(C(=O)c2ccccc2)[C@H]2c3ccccc3OC(=O)[C@@]21C(=O)N1CCOCC1. The molecular weight excluding hydrogens is 370 g/mol. The van der Waals surface area contributed by atoms with Gasteiger partial charge in [-0.3, -0.25) is 14.4 Å². The van der Waals surface area contributed by atoms with Gasteiger partial charge < -0.3 is 14.4 Å². The van der Waals surface area contributed by atoms with E-state index < -0.39 is 22.7 Å². The van der Waals surface area contributed by atoms with Crippen molar-refractivity contribution < 1.29 is 23.9 Å². The summed E-state index contributed by atoms with van der Waals surface area (Å²) in [5, 5.41) is 0. The molecule has 0 bridgehead atoms. The first kappa shape index (κ1) is 18.1. The highest BCUT2D eigenvalue weighted by Gasteiger charge is 2.88. The Hall–Kier alpha value is -2.99. The predicted molar refractivity (Wildman–Crippen MR) is 104 cm³/mol. The zero-order valence-corrected chi connectivity index (χ0v) is 16.1. The quantitative estimate of drug-likeness (QED) is 0.348. The van der Waals surface area contributed by atoms with Crippen molar-refractivity contribution in [1.29, 1.82) is 0 Å². The zero-order chi connectivity index (χ0) is 20.2. The normalized spacial score (nSPS) is 30.0. The molecule has 3 aliphatic rings. The number of carbonyl (C=O) groups excluding carboxylic acids is 3. The molecule has 2 aromatic carbocycles. The molecule has 29 heavy (non-hydrogen) atoms. The molecule has 1 aliphatic carbocycles. The van der Waals surface area contributed by atoms with Crippen molar-refractivity contribution in [3.8, 4) is 5.75 Å². The Morgan fingerprint density at radius 1 is 1.00 bits per heavy atom. The van der Waals surface area contributed by atoms with E-state index >= 15 is 0 Å². The first-order valence-electron chi connectivity index (χ1n) is 9.81. The topological polar surface area (TPSA) is 72.9 Å². The summed E-state index contributed by atoms with van der Waals surface area (Å²) in [6.07, 6.45) is 0. The van der Waals surface area contributed by atoms with E-state index in [0.29, 0.717) is 37.6 Å². The van der Waals surface area contributed by atoms with Gasteiger partial charge >= 0.3 is 5.97 Å². The minimum Gasteiger partial charge on any atom is -0.425 e. The minimum atomic E-state index is -1.54. The number of para-hydroxylation sites is 1. The predicted octanol–water partition coefficient (Wildman–Crippen LogP) is 2.44. The van der Waals surface area contributed by atoms with Gasteiger partial charge in [0.25, 0.3) is 0 Å². The Morgan fingerprint density at radius 2 is 1.66 bits per heavy atom. The molecule has 2 heterocycles. The van der Waals surface area contributed by atoms with E-state index in [9.17, 15) is 14.4 Å². The fourth-order valence-electron chi connectivity index (χ4n) is 5.13. The van der Waals surface area contributed by atoms with Crippen LogP contribution in [0.4, 0.5) is 0 Å². The number of ether oxygens (including phenoxy) is 2. The van der Waals surface area contributed by atoms with E-state index in [1.165, 1.54) is 0 Å². The summed E-state index contributed by atoms with van der Waals surface area (Å²) in [4.78, 5) is 42.3. The Morgan fingerprint density at radius 3 is 2.38 bits per heavy atom. The van der Waals surface area contributed by atoms with E-state index in [0.717, 1.165) is 5.56 Å².